The number of carbonyl (C=O) groups is 1. The number of amides is 1. The Morgan fingerprint density at radius 2 is 2.21 bits per heavy atom. The summed E-state index contributed by atoms with van der Waals surface area (Å²) in [5, 5.41) is 3.06. The minimum absolute atomic E-state index is 0.155. The summed E-state index contributed by atoms with van der Waals surface area (Å²) in [6.45, 7) is 2.22. The number of likely N-dealkylation sites (tertiary alicyclic amines) is 1. The molecule has 4 heteroatoms. The lowest BCUT2D eigenvalue weighted by atomic mass is 10.2. The molecule has 0 aromatic heterocycles. The van der Waals surface area contributed by atoms with Gasteiger partial charge in [-0.2, -0.15) is 12.6 Å². The van der Waals surface area contributed by atoms with Crippen molar-refractivity contribution >= 4 is 18.5 Å². The molecule has 80 valence electrons. The zero-order valence-electron chi connectivity index (χ0n) is 8.41. The zero-order valence-corrected chi connectivity index (χ0v) is 9.30. The van der Waals surface area contributed by atoms with E-state index in [0.29, 0.717) is 18.2 Å². The Bertz CT molecular complexity index is 218. The monoisotopic (exact) mass is 214 g/mol. The second-order valence-corrected chi connectivity index (χ2v) is 4.70. The van der Waals surface area contributed by atoms with Crippen LogP contribution in [-0.2, 0) is 4.79 Å². The van der Waals surface area contributed by atoms with Crippen molar-refractivity contribution in [3.05, 3.63) is 0 Å². The molecule has 0 aromatic rings. The first kappa shape index (κ1) is 10.3. The Labute approximate surface area is 90.6 Å². The predicted octanol–water partition coefficient (Wildman–Crippen LogP) is 0.659. The average Bonchev–Trinajstić information content (AvgIpc) is 2.89. The van der Waals surface area contributed by atoms with Crippen LogP contribution in [0.3, 0.4) is 0 Å². The standard InChI is InChI=1S/C10H18N2OS/c13-10(4-6-14)11-8-3-5-12(7-8)9-1-2-9/h8-9,14H,1-7H2,(H,11,13). The van der Waals surface area contributed by atoms with Crippen LogP contribution in [0.2, 0.25) is 0 Å². The van der Waals surface area contributed by atoms with Crippen LogP contribution in [-0.4, -0.2) is 41.7 Å². The van der Waals surface area contributed by atoms with E-state index in [1.54, 1.807) is 0 Å². The third-order valence-corrected chi connectivity index (χ3v) is 3.21. The molecular formula is C10H18N2OS. The molecule has 1 heterocycles. The Morgan fingerprint density at radius 3 is 2.86 bits per heavy atom. The zero-order chi connectivity index (χ0) is 9.97. The van der Waals surface area contributed by atoms with E-state index in [4.69, 9.17) is 0 Å². The number of nitrogens with one attached hydrogen (secondary N) is 1. The Balaban J connectivity index is 1.69. The molecule has 1 N–H and O–H groups in total. The molecule has 1 amide bonds. The molecule has 14 heavy (non-hydrogen) atoms. The molecule has 0 bridgehead atoms. The van der Waals surface area contributed by atoms with Gasteiger partial charge in [0.1, 0.15) is 0 Å². The summed E-state index contributed by atoms with van der Waals surface area (Å²) < 4.78 is 0. The van der Waals surface area contributed by atoms with Gasteiger partial charge in [-0.25, -0.2) is 0 Å². The second kappa shape index (κ2) is 4.53. The summed E-state index contributed by atoms with van der Waals surface area (Å²) in [6.07, 6.45) is 4.38. The van der Waals surface area contributed by atoms with Crippen LogP contribution in [0, 0.1) is 0 Å². The van der Waals surface area contributed by atoms with Gasteiger partial charge in [0.25, 0.3) is 0 Å². The van der Waals surface area contributed by atoms with E-state index < -0.39 is 0 Å². The minimum atomic E-state index is 0.155. The molecule has 0 radical (unpaired) electrons. The largest absolute Gasteiger partial charge is 0.352 e. The van der Waals surface area contributed by atoms with E-state index in [1.165, 1.54) is 12.8 Å². The highest BCUT2D eigenvalue weighted by atomic mass is 32.1. The molecule has 1 unspecified atom stereocenters. The highest BCUT2D eigenvalue weighted by Gasteiger charge is 2.34. The van der Waals surface area contributed by atoms with Gasteiger partial charge in [0, 0.05) is 31.6 Å². The summed E-state index contributed by atoms with van der Waals surface area (Å²) in [4.78, 5) is 13.8. The van der Waals surface area contributed by atoms with Gasteiger partial charge in [0.2, 0.25) is 5.91 Å². The van der Waals surface area contributed by atoms with E-state index in [0.717, 1.165) is 25.6 Å². The number of hydrogen-bond donors (Lipinski definition) is 2. The van der Waals surface area contributed by atoms with Crippen molar-refractivity contribution in [3.8, 4) is 0 Å². The molecule has 1 saturated carbocycles. The quantitative estimate of drug-likeness (QED) is 0.674. The normalized spacial score (nSPS) is 27.9. The number of rotatable bonds is 4. The minimum Gasteiger partial charge on any atom is -0.352 e. The highest BCUT2D eigenvalue weighted by Crippen LogP contribution is 2.29. The van der Waals surface area contributed by atoms with Crippen LogP contribution in [0.4, 0.5) is 0 Å². The Kier molecular flexibility index (Phi) is 3.34. The van der Waals surface area contributed by atoms with Gasteiger partial charge in [0.05, 0.1) is 0 Å². The predicted molar refractivity (Wildman–Crippen MR) is 59.6 cm³/mol. The Hall–Kier alpha value is -0.220. The van der Waals surface area contributed by atoms with E-state index >= 15 is 0 Å². The van der Waals surface area contributed by atoms with Crippen molar-refractivity contribution in [1.82, 2.24) is 10.2 Å². The van der Waals surface area contributed by atoms with Gasteiger partial charge < -0.3 is 5.32 Å². The first-order valence-corrected chi connectivity index (χ1v) is 6.07. The van der Waals surface area contributed by atoms with Crippen molar-refractivity contribution in [3.63, 3.8) is 0 Å². The summed E-state index contributed by atoms with van der Waals surface area (Å²) in [5.74, 6) is 0.799. The molecule has 1 aliphatic heterocycles. The van der Waals surface area contributed by atoms with Crippen LogP contribution >= 0.6 is 12.6 Å². The van der Waals surface area contributed by atoms with E-state index in [-0.39, 0.29) is 5.91 Å². The second-order valence-electron chi connectivity index (χ2n) is 4.25. The van der Waals surface area contributed by atoms with Crippen LogP contribution < -0.4 is 5.32 Å². The van der Waals surface area contributed by atoms with Crippen molar-refractivity contribution < 1.29 is 4.79 Å². The third kappa shape index (κ3) is 2.64. The van der Waals surface area contributed by atoms with Gasteiger partial charge in [-0.3, -0.25) is 9.69 Å². The summed E-state index contributed by atoms with van der Waals surface area (Å²) in [6, 6.07) is 1.23. The lowest BCUT2D eigenvalue weighted by Gasteiger charge is -2.15. The van der Waals surface area contributed by atoms with Crippen molar-refractivity contribution in [1.29, 1.82) is 0 Å². The molecule has 1 saturated heterocycles. The number of hydrogen-bond acceptors (Lipinski definition) is 3. The lowest BCUT2D eigenvalue weighted by Crippen LogP contribution is -2.37. The molecule has 1 aliphatic carbocycles. The van der Waals surface area contributed by atoms with E-state index in [9.17, 15) is 4.79 Å². The van der Waals surface area contributed by atoms with Gasteiger partial charge in [-0.1, -0.05) is 0 Å². The fourth-order valence-electron chi connectivity index (χ4n) is 2.08. The van der Waals surface area contributed by atoms with Crippen molar-refractivity contribution in [2.24, 2.45) is 0 Å². The molecular weight excluding hydrogens is 196 g/mol. The first-order valence-electron chi connectivity index (χ1n) is 5.44. The molecule has 2 aliphatic rings. The van der Waals surface area contributed by atoms with Gasteiger partial charge in [-0.15, -0.1) is 0 Å². The molecule has 0 aromatic carbocycles. The maximum Gasteiger partial charge on any atom is 0.221 e. The van der Waals surface area contributed by atoms with E-state index in [2.05, 4.69) is 22.8 Å². The number of carbonyl (C=O) groups excluding carboxylic acids is 1. The SMILES string of the molecule is O=C(CCS)NC1CCN(C2CC2)C1. The van der Waals surface area contributed by atoms with Crippen LogP contribution in [0.15, 0.2) is 0 Å². The highest BCUT2D eigenvalue weighted by molar-refractivity contribution is 7.80. The molecule has 0 spiro atoms. The first-order chi connectivity index (χ1) is 6.79. The fourth-order valence-corrected chi connectivity index (χ4v) is 2.28. The van der Waals surface area contributed by atoms with Crippen LogP contribution in [0.1, 0.15) is 25.7 Å². The fraction of sp³-hybridized carbons (Fsp3) is 0.900. The summed E-state index contributed by atoms with van der Waals surface area (Å²) >= 11 is 4.05. The van der Waals surface area contributed by atoms with Crippen LogP contribution in [0.5, 0.6) is 0 Å². The maximum atomic E-state index is 11.3. The summed E-state index contributed by atoms with van der Waals surface area (Å²) in [7, 11) is 0. The van der Waals surface area contributed by atoms with Crippen molar-refractivity contribution in [2.75, 3.05) is 18.8 Å². The van der Waals surface area contributed by atoms with Crippen molar-refractivity contribution in [2.45, 2.75) is 37.8 Å². The van der Waals surface area contributed by atoms with Gasteiger partial charge >= 0.3 is 0 Å². The lowest BCUT2D eigenvalue weighted by molar-refractivity contribution is -0.121. The molecule has 3 nitrogen and oxygen atoms in total. The average molecular weight is 214 g/mol. The molecule has 2 fully saturated rings. The Morgan fingerprint density at radius 1 is 1.43 bits per heavy atom. The van der Waals surface area contributed by atoms with E-state index in [1.807, 2.05) is 0 Å². The number of nitrogens with zero attached hydrogens (tertiary/aromatic N) is 1. The smallest absolute Gasteiger partial charge is 0.221 e. The maximum absolute atomic E-state index is 11.3. The third-order valence-electron chi connectivity index (χ3n) is 2.99. The molecule has 1 atom stereocenters. The summed E-state index contributed by atoms with van der Waals surface area (Å²) in [5.41, 5.74) is 0. The van der Waals surface area contributed by atoms with Gasteiger partial charge in [-0.05, 0) is 25.0 Å². The van der Waals surface area contributed by atoms with Crippen LogP contribution in [0.25, 0.3) is 0 Å². The topological polar surface area (TPSA) is 32.3 Å². The molecule has 2 rings (SSSR count). The number of thiol groups is 1. The van der Waals surface area contributed by atoms with Gasteiger partial charge in [0.15, 0.2) is 0 Å².